The highest BCUT2D eigenvalue weighted by atomic mass is 15.1. The van der Waals surface area contributed by atoms with Gasteiger partial charge in [-0.2, -0.15) is 0 Å². The van der Waals surface area contributed by atoms with Gasteiger partial charge in [0, 0.05) is 25.9 Å². The molecule has 2 heterocycles. The molecule has 0 fully saturated rings. The minimum Gasteiger partial charge on any atom is -0.362 e. The van der Waals surface area contributed by atoms with Crippen molar-refractivity contribution in [3.63, 3.8) is 0 Å². The minimum absolute atomic E-state index is 0.868. The summed E-state index contributed by atoms with van der Waals surface area (Å²) in [4.78, 5) is 13.8. The fourth-order valence-electron chi connectivity index (χ4n) is 2.13. The SMILES string of the molecule is CN(C)c1ncnc2[nH]cc(-c3ccccc3)c12. The van der Waals surface area contributed by atoms with Crippen molar-refractivity contribution in [1.29, 1.82) is 0 Å². The van der Waals surface area contributed by atoms with Crippen molar-refractivity contribution in [3.8, 4) is 11.1 Å². The van der Waals surface area contributed by atoms with E-state index < -0.39 is 0 Å². The highest BCUT2D eigenvalue weighted by molar-refractivity contribution is 6.00. The number of fused-ring (bicyclic) bond motifs is 1. The first-order valence-corrected chi connectivity index (χ1v) is 5.82. The van der Waals surface area contributed by atoms with Gasteiger partial charge >= 0.3 is 0 Å². The van der Waals surface area contributed by atoms with E-state index in [1.807, 2.05) is 43.4 Å². The Kier molecular flexibility index (Phi) is 2.48. The maximum atomic E-state index is 4.36. The van der Waals surface area contributed by atoms with E-state index in [4.69, 9.17) is 0 Å². The first-order valence-electron chi connectivity index (χ1n) is 5.82. The van der Waals surface area contributed by atoms with Crippen molar-refractivity contribution < 1.29 is 0 Å². The highest BCUT2D eigenvalue weighted by Crippen LogP contribution is 2.32. The Labute approximate surface area is 105 Å². The van der Waals surface area contributed by atoms with E-state index in [2.05, 4.69) is 27.1 Å². The predicted octanol–water partition coefficient (Wildman–Crippen LogP) is 2.69. The van der Waals surface area contributed by atoms with Gasteiger partial charge in [0.2, 0.25) is 0 Å². The zero-order valence-corrected chi connectivity index (χ0v) is 10.4. The van der Waals surface area contributed by atoms with E-state index >= 15 is 0 Å². The monoisotopic (exact) mass is 238 g/mol. The van der Waals surface area contributed by atoms with Crippen LogP contribution >= 0.6 is 0 Å². The molecule has 0 aliphatic heterocycles. The summed E-state index contributed by atoms with van der Waals surface area (Å²) in [6.07, 6.45) is 3.57. The second kappa shape index (κ2) is 4.14. The van der Waals surface area contributed by atoms with Gasteiger partial charge < -0.3 is 9.88 Å². The predicted molar refractivity (Wildman–Crippen MR) is 73.7 cm³/mol. The van der Waals surface area contributed by atoms with E-state index in [1.54, 1.807) is 6.33 Å². The van der Waals surface area contributed by atoms with Gasteiger partial charge in [0.15, 0.2) is 0 Å². The summed E-state index contributed by atoms with van der Waals surface area (Å²) in [5.74, 6) is 0.931. The van der Waals surface area contributed by atoms with E-state index in [9.17, 15) is 0 Å². The van der Waals surface area contributed by atoms with Crippen LogP contribution in [-0.4, -0.2) is 29.0 Å². The summed E-state index contributed by atoms with van der Waals surface area (Å²) >= 11 is 0. The van der Waals surface area contributed by atoms with Gasteiger partial charge in [0.1, 0.15) is 17.8 Å². The molecule has 0 aliphatic rings. The van der Waals surface area contributed by atoms with Crippen molar-refractivity contribution in [1.82, 2.24) is 15.0 Å². The molecule has 1 N–H and O–H groups in total. The highest BCUT2D eigenvalue weighted by Gasteiger charge is 2.13. The van der Waals surface area contributed by atoms with Gasteiger partial charge in [0.25, 0.3) is 0 Å². The number of aromatic nitrogens is 3. The smallest absolute Gasteiger partial charge is 0.143 e. The van der Waals surface area contributed by atoms with Crippen LogP contribution in [0.4, 0.5) is 5.82 Å². The summed E-state index contributed by atoms with van der Waals surface area (Å²) in [6.45, 7) is 0. The van der Waals surface area contributed by atoms with Crippen molar-refractivity contribution in [2.24, 2.45) is 0 Å². The molecule has 0 spiro atoms. The average Bonchev–Trinajstić information content (AvgIpc) is 2.83. The van der Waals surface area contributed by atoms with Gasteiger partial charge in [-0.1, -0.05) is 30.3 Å². The van der Waals surface area contributed by atoms with Crippen molar-refractivity contribution >= 4 is 16.9 Å². The average molecular weight is 238 g/mol. The molecule has 4 heteroatoms. The third-order valence-corrected chi connectivity index (χ3v) is 2.96. The Morgan fingerprint density at radius 2 is 1.83 bits per heavy atom. The Balaban J connectivity index is 2.31. The van der Waals surface area contributed by atoms with Gasteiger partial charge in [0.05, 0.1) is 5.39 Å². The van der Waals surface area contributed by atoms with E-state index in [-0.39, 0.29) is 0 Å². The molecule has 1 aromatic carbocycles. The summed E-state index contributed by atoms with van der Waals surface area (Å²) in [5, 5.41) is 1.06. The molecule has 0 amide bonds. The third kappa shape index (κ3) is 1.62. The van der Waals surface area contributed by atoms with Gasteiger partial charge in [-0.15, -0.1) is 0 Å². The van der Waals surface area contributed by atoms with E-state index in [0.717, 1.165) is 22.4 Å². The molecule has 3 rings (SSSR count). The second-order valence-electron chi connectivity index (χ2n) is 4.38. The van der Waals surface area contributed by atoms with Crippen LogP contribution < -0.4 is 4.90 Å². The van der Waals surface area contributed by atoms with Crippen molar-refractivity contribution in [2.75, 3.05) is 19.0 Å². The molecule has 3 aromatic rings. The van der Waals surface area contributed by atoms with Crippen LogP contribution in [0.3, 0.4) is 0 Å². The molecular weight excluding hydrogens is 224 g/mol. The Hall–Kier alpha value is -2.36. The summed E-state index contributed by atoms with van der Waals surface area (Å²) < 4.78 is 0. The lowest BCUT2D eigenvalue weighted by atomic mass is 10.1. The molecule has 0 unspecified atom stereocenters. The molecule has 2 aromatic heterocycles. The van der Waals surface area contributed by atoms with Crippen LogP contribution in [0.2, 0.25) is 0 Å². The van der Waals surface area contributed by atoms with Crippen LogP contribution in [0.5, 0.6) is 0 Å². The van der Waals surface area contributed by atoms with Crippen LogP contribution in [0.25, 0.3) is 22.2 Å². The number of rotatable bonds is 2. The normalized spacial score (nSPS) is 10.8. The number of nitrogens with one attached hydrogen (secondary N) is 1. The summed E-state index contributed by atoms with van der Waals surface area (Å²) in [6, 6.07) is 10.3. The van der Waals surface area contributed by atoms with Crippen LogP contribution in [0, 0.1) is 0 Å². The fourth-order valence-corrected chi connectivity index (χ4v) is 2.13. The molecule has 90 valence electrons. The molecule has 0 saturated carbocycles. The quantitative estimate of drug-likeness (QED) is 0.746. The van der Waals surface area contributed by atoms with Crippen LogP contribution in [0.15, 0.2) is 42.9 Å². The van der Waals surface area contributed by atoms with E-state index in [0.29, 0.717) is 0 Å². The van der Waals surface area contributed by atoms with Crippen LogP contribution in [-0.2, 0) is 0 Å². The number of aromatic amines is 1. The number of anilines is 1. The third-order valence-electron chi connectivity index (χ3n) is 2.96. The Morgan fingerprint density at radius 3 is 2.56 bits per heavy atom. The molecular formula is C14H14N4. The second-order valence-corrected chi connectivity index (χ2v) is 4.38. The molecule has 0 saturated heterocycles. The number of nitrogens with zero attached hydrogens (tertiary/aromatic N) is 3. The summed E-state index contributed by atoms with van der Waals surface area (Å²) in [5.41, 5.74) is 3.17. The summed E-state index contributed by atoms with van der Waals surface area (Å²) in [7, 11) is 3.98. The van der Waals surface area contributed by atoms with Crippen molar-refractivity contribution in [2.45, 2.75) is 0 Å². The zero-order valence-electron chi connectivity index (χ0n) is 10.4. The lowest BCUT2D eigenvalue weighted by Gasteiger charge is -2.12. The standard InChI is InChI=1S/C14H14N4/c1-18(2)14-12-11(10-6-4-3-5-7-10)8-15-13(12)16-9-17-14/h3-9H,1-2H3,(H,15,16,17). The maximum Gasteiger partial charge on any atom is 0.143 e. The number of hydrogen-bond acceptors (Lipinski definition) is 3. The molecule has 0 aliphatic carbocycles. The largest absolute Gasteiger partial charge is 0.362 e. The number of benzene rings is 1. The number of hydrogen-bond donors (Lipinski definition) is 1. The molecule has 18 heavy (non-hydrogen) atoms. The van der Waals surface area contributed by atoms with Gasteiger partial charge in [-0.05, 0) is 5.56 Å². The van der Waals surface area contributed by atoms with Gasteiger partial charge in [-0.25, -0.2) is 9.97 Å². The zero-order chi connectivity index (χ0) is 12.5. The molecule has 4 nitrogen and oxygen atoms in total. The first-order chi connectivity index (χ1) is 8.77. The molecule has 0 bridgehead atoms. The number of H-pyrrole nitrogens is 1. The van der Waals surface area contributed by atoms with Gasteiger partial charge in [-0.3, -0.25) is 0 Å². The lowest BCUT2D eigenvalue weighted by Crippen LogP contribution is -2.11. The van der Waals surface area contributed by atoms with Crippen LogP contribution in [0.1, 0.15) is 0 Å². The van der Waals surface area contributed by atoms with Crippen molar-refractivity contribution in [3.05, 3.63) is 42.9 Å². The Morgan fingerprint density at radius 1 is 1.06 bits per heavy atom. The topological polar surface area (TPSA) is 44.8 Å². The lowest BCUT2D eigenvalue weighted by molar-refractivity contribution is 1.06. The maximum absolute atomic E-state index is 4.36. The first kappa shape index (κ1) is 10.8. The Bertz CT molecular complexity index is 671. The minimum atomic E-state index is 0.868. The molecule has 0 atom stereocenters. The molecule has 0 radical (unpaired) electrons. The fraction of sp³-hybridized carbons (Fsp3) is 0.143. The van der Waals surface area contributed by atoms with E-state index in [1.165, 1.54) is 5.56 Å².